The van der Waals surface area contributed by atoms with Crippen LogP contribution in [-0.2, 0) is 21.2 Å². The van der Waals surface area contributed by atoms with Crippen molar-refractivity contribution in [1.29, 1.82) is 0 Å². The molecule has 0 spiro atoms. The Kier molecular flexibility index (Phi) is 6.36. The van der Waals surface area contributed by atoms with Crippen LogP contribution in [0.4, 0.5) is 0 Å². The molecule has 1 atom stereocenters. The Labute approximate surface area is 147 Å². The SMILES string of the molecule is CCNC(=O)[C@H](Cc1ccccc1)NS(=O)(=O)c1ccc(Cl)cc1. The third-order valence-electron chi connectivity index (χ3n) is 3.37. The first-order chi connectivity index (χ1) is 11.4. The average Bonchev–Trinajstić information content (AvgIpc) is 2.55. The van der Waals surface area contributed by atoms with E-state index in [-0.39, 0.29) is 17.2 Å². The highest BCUT2D eigenvalue weighted by Crippen LogP contribution is 2.15. The van der Waals surface area contributed by atoms with E-state index >= 15 is 0 Å². The van der Waals surface area contributed by atoms with E-state index < -0.39 is 16.1 Å². The summed E-state index contributed by atoms with van der Waals surface area (Å²) in [5, 5.41) is 3.11. The first-order valence-electron chi connectivity index (χ1n) is 7.52. The Balaban J connectivity index is 2.23. The zero-order chi connectivity index (χ0) is 17.6. The van der Waals surface area contributed by atoms with Crippen LogP contribution in [0.25, 0.3) is 0 Å². The van der Waals surface area contributed by atoms with Crippen LogP contribution in [0.1, 0.15) is 12.5 Å². The number of hydrogen-bond donors (Lipinski definition) is 2. The molecule has 5 nitrogen and oxygen atoms in total. The van der Waals surface area contributed by atoms with Crippen molar-refractivity contribution in [3.63, 3.8) is 0 Å². The third-order valence-corrected chi connectivity index (χ3v) is 5.11. The lowest BCUT2D eigenvalue weighted by Crippen LogP contribution is -2.47. The minimum absolute atomic E-state index is 0.0641. The summed E-state index contributed by atoms with van der Waals surface area (Å²) < 4.78 is 27.5. The molecule has 2 aromatic rings. The molecule has 0 aliphatic carbocycles. The second-order valence-corrected chi connectivity index (χ2v) is 7.36. The highest BCUT2D eigenvalue weighted by Gasteiger charge is 2.25. The number of sulfonamides is 1. The Morgan fingerprint density at radius 2 is 1.71 bits per heavy atom. The van der Waals surface area contributed by atoms with Crippen molar-refractivity contribution in [2.75, 3.05) is 6.54 Å². The highest BCUT2D eigenvalue weighted by atomic mass is 35.5. The van der Waals surface area contributed by atoms with Gasteiger partial charge in [0, 0.05) is 11.6 Å². The zero-order valence-electron chi connectivity index (χ0n) is 13.2. The molecule has 1 amide bonds. The fourth-order valence-corrected chi connectivity index (χ4v) is 3.53. The largest absolute Gasteiger partial charge is 0.355 e. The topological polar surface area (TPSA) is 75.3 Å². The van der Waals surface area contributed by atoms with Crippen molar-refractivity contribution in [2.24, 2.45) is 0 Å². The normalized spacial score (nSPS) is 12.6. The summed E-state index contributed by atoms with van der Waals surface area (Å²) in [6, 6.07) is 14.2. The molecule has 0 heterocycles. The van der Waals surface area contributed by atoms with Crippen LogP contribution in [0.2, 0.25) is 5.02 Å². The van der Waals surface area contributed by atoms with Crippen LogP contribution in [-0.4, -0.2) is 26.9 Å². The maximum Gasteiger partial charge on any atom is 0.241 e. The standard InChI is InChI=1S/C17H19ClN2O3S/c1-2-19-17(21)16(12-13-6-4-3-5-7-13)20-24(22,23)15-10-8-14(18)9-11-15/h3-11,16,20H,2,12H2,1H3,(H,19,21)/t16-/m0/s1. The number of carbonyl (C=O) groups is 1. The number of halogens is 1. The van der Waals surface area contributed by atoms with Crippen molar-refractivity contribution in [2.45, 2.75) is 24.3 Å². The van der Waals surface area contributed by atoms with Gasteiger partial charge in [0.05, 0.1) is 4.90 Å². The minimum Gasteiger partial charge on any atom is -0.355 e. The molecule has 2 rings (SSSR count). The summed E-state index contributed by atoms with van der Waals surface area (Å²) in [4.78, 5) is 12.3. The van der Waals surface area contributed by atoms with E-state index in [0.717, 1.165) is 5.56 Å². The van der Waals surface area contributed by atoms with Crippen molar-refractivity contribution in [3.05, 3.63) is 65.2 Å². The quantitative estimate of drug-likeness (QED) is 0.789. The van der Waals surface area contributed by atoms with Crippen molar-refractivity contribution in [1.82, 2.24) is 10.0 Å². The third kappa shape index (κ3) is 5.06. The minimum atomic E-state index is -3.83. The van der Waals surface area contributed by atoms with Gasteiger partial charge >= 0.3 is 0 Å². The number of rotatable bonds is 7. The van der Waals surface area contributed by atoms with Gasteiger partial charge in [0.25, 0.3) is 0 Å². The summed E-state index contributed by atoms with van der Waals surface area (Å²) in [6.07, 6.45) is 0.263. The molecule has 0 fully saturated rings. The number of hydrogen-bond acceptors (Lipinski definition) is 3. The van der Waals surface area contributed by atoms with Gasteiger partial charge in [-0.15, -0.1) is 0 Å². The van der Waals surface area contributed by atoms with Gasteiger partial charge in [-0.1, -0.05) is 41.9 Å². The van der Waals surface area contributed by atoms with Gasteiger partial charge in [-0.2, -0.15) is 4.72 Å². The van der Waals surface area contributed by atoms with Crippen molar-refractivity contribution < 1.29 is 13.2 Å². The van der Waals surface area contributed by atoms with Crippen LogP contribution >= 0.6 is 11.6 Å². The first kappa shape index (κ1) is 18.4. The lowest BCUT2D eigenvalue weighted by Gasteiger charge is -2.18. The summed E-state index contributed by atoms with van der Waals surface area (Å²) in [5.41, 5.74) is 0.868. The predicted octanol–water partition coefficient (Wildman–Crippen LogP) is 2.37. The molecule has 24 heavy (non-hydrogen) atoms. The molecule has 0 unspecified atom stereocenters. The van der Waals surface area contributed by atoms with Crippen LogP contribution in [0.3, 0.4) is 0 Å². The fraction of sp³-hybridized carbons (Fsp3) is 0.235. The van der Waals surface area contributed by atoms with Gasteiger partial charge in [0.1, 0.15) is 6.04 Å². The molecule has 0 saturated heterocycles. The van der Waals surface area contributed by atoms with Gasteiger partial charge in [0.2, 0.25) is 15.9 Å². The number of carbonyl (C=O) groups excluding carboxylic acids is 1. The number of likely N-dealkylation sites (N-methyl/N-ethyl adjacent to an activating group) is 1. The number of amides is 1. The molecule has 0 aliphatic heterocycles. The molecular weight excluding hydrogens is 348 g/mol. The molecule has 128 valence electrons. The Bertz CT molecular complexity index is 777. The van der Waals surface area contributed by atoms with E-state index in [9.17, 15) is 13.2 Å². The van der Waals surface area contributed by atoms with E-state index in [1.165, 1.54) is 24.3 Å². The van der Waals surface area contributed by atoms with Gasteiger partial charge < -0.3 is 5.32 Å². The van der Waals surface area contributed by atoms with Crippen LogP contribution < -0.4 is 10.0 Å². The van der Waals surface area contributed by atoms with Gasteiger partial charge in [-0.3, -0.25) is 4.79 Å². The molecule has 7 heteroatoms. The summed E-state index contributed by atoms with van der Waals surface area (Å²) >= 11 is 5.79. The maximum atomic E-state index is 12.5. The molecule has 2 N–H and O–H groups in total. The molecule has 0 saturated carbocycles. The van der Waals surface area contributed by atoms with Crippen LogP contribution in [0.15, 0.2) is 59.5 Å². The monoisotopic (exact) mass is 366 g/mol. The molecular formula is C17H19ClN2O3S. The lowest BCUT2D eigenvalue weighted by atomic mass is 10.1. The predicted molar refractivity (Wildman–Crippen MR) is 94.4 cm³/mol. The first-order valence-corrected chi connectivity index (χ1v) is 9.38. The summed E-state index contributed by atoms with van der Waals surface area (Å²) in [7, 11) is -3.83. The average molecular weight is 367 g/mol. The summed E-state index contributed by atoms with van der Waals surface area (Å²) in [5.74, 6) is -0.362. The fourth-order valence-electron chi connectivity index (χ4n) is 2.20. The Hall–Kier alpha value is -1.89. The van der Waals surface area contributed by atoms with E-state index in [1.54, 1.807) is 6.92 Å². The Morgan fingerprint density at radius 1 is 1.08 bits per heavy atom. The molecule has 0 radical (unpaired) electrons. The van der Waals surface area contributed by atoms with Crippen molar-refractivity contribution >= 4 is 27.5 Å². The highest BCUT2D eigenvalue weighted by molar-refractivity contribution is 7.89. The molecule has 0 aliphatic rings. The second-order valence-electron chi connectivity index (χ2n) is 5.21. The maximum absolute atomic E-state index is 12.5. The van der Waals surface area contributed by atoms with E-state index in [0.29, 0.717) is 11.6 Å². The smallest absolute Gasteiger partial charge is 0.241 e. The zero-order valence-corrected chi connectivity index (χ0v) is 14.8. The number of benzene rings is 2. The number of nitrogens with one attached hydrogen (secondary N) is 2. The van der Waals surface area contributed by atoms with E-state index in [2.05, 4.69) is 10.0 Å². The van der Waals surface area contributed by atoms with Gasteiger partial charge in [0.15, 0.2) is 0 Å². The summed E-state index contributed by atoms with van der Waals surface area (Å²) in [6.45, 7) is 2.21. The van der Waals surface area contributed by atoms with Gasteiger partial charge in [-0.05, 0) is 43.2 Å². The molecule has 0 aromatic heterocycles. The van der Waals surface area contributed by atoms with Crippen molar-refractivity contribution in [3.8, 4) is 0 Å². The molecule has 0 bridgehead atoms. The van der Waals surface area contributed by atoms with Crippen LogP contribution in [0, 0.1) is 0 Å². The van der Waals surface area contributed by atoms with Gasteiger partial charge in [-0.25, -0.2) is 8.42 Å². The second kappa shape index (κ2) is 8.28. The van der Waals surface area contributed by atoms with E-state index in [1.807, 2.05) is 30.3 Å². The van der Waals surface area contributed by atoms with E-state index in [4.69, 9.17) is 11.6 Å². The Morgan fingerprint density at radius 3 is 2.29 bits per heavy atom. The lowest BCUT2D eigenvalue weighted by molar-refractivity contribution is -0.122. The van der Waals surface area contributed by atoms with Crippen LogP contribution in [0.5, 0.6) is 0 Å². The molecule has 2 aromatic carbocycles.